The Hall–Kier alpha value is -0.160. The average molecular weight is 573 g/mol. The van der Waals surface area contributed by atoms with Gasteiger partial charge in [0, 0.05) is 6.04 Å². The summed E-state index contributed by atoms with van der Waals surface area (Å²) >= 11 is 0. The Morgan fingerprint density at radius 3 is 2.10 bits per heavy atom. The van der Waals surface area contributed by atoms with E-state index < -0.39 is 0 Å². The van der Waals surface area contributed by atoms with Gasteiger partial charge in [0.15, 0.2) is 0 Å². The quantitative estimate of drug-likeness (QED) is 0.127. The van der Waals surface area contributed by atoms with Crippen molar-refractivity contribution >= 4 is 0 Å². The first kappa shape index (κ1) is 33.7. The molecule has 9 unspecified atom stereocenters. The zero-order valence-electron chi connectivity index (χ0n) is 28.3. The number of fused-ring (bicyclic) bond motifs is 5. The van der Waals surface area contributed by atoms with Crippen LogP contribution >= 0.6 is 0 Å². The van der Waals surface area contributed by atoms with Gasteiger partial charge in [-0.25, -0.2) is 0 Å². The first-order valence-electron chi connectivity index (χ1n) is 18.6. The fraction of sp³-hybridized carbons (Fsp3) is 1.00. The highest BCUT2D eigenvalue weighted by Gasteiger charge is 2.60. The molecule has 9 atom stereocenters. The second kappa shape index (κ2) is 16.2. The zero-order valence-corrected chi connectivity index (χ0v) is 28.3. The van der Waals surface area contributed by atoms with Gasteiger partial charge in [-0.15, -0.1) is 0 Å². The van der Waals surface area contributed by atoms with E-state index in [1.165, 1.54) is 90.0 Å². The smallest absolute Gasteiger partial charge is 0.00701 e. The molecular weight excluding hydrogens is 500 g/mol. The Labute approximate surface area is 256 Å². The van der Waals surface area contributed by atoms with Crippen LogP contribution in [0.5, 0.6) is 0 Å². The van der Waals surface area contributed by atoms with Gasteiger partial charge in [0.2, 0.25) is 0 Å². The van der Waals surface area contributed by atoms with Crippen molar-refractivity contribution in [1.29, 1.82) is 0 Å². The Balaban J connectivity index is 1.16. The molecule has 4 nitrogen and oxygen atoms in total. The van der Waals surface area contributed by atoms with E-state index in [0.29, 0.717) is 10.8 Å². The summed E-state index contributed by atoms with van der Waals surface area (Å²) in [5.74, 6) is 6.80. The van der Waals surface area contributed by atoms with Gasteiger partial charge in [-0.2, -0.15) is 0 Å². The van der Waals surface area contributed by atoms with Crippen LogP contribution < -0.4 is 21.7 Å². The van der Waals surface area contributed by atoms with Gasteiger partial charge in [-0.1, -0.05) is 53.9 Å². The molecule has 4 aliphatic rings. The molecule has 4 heteroatoms. The van der Waals surface area contributed by atoms with Crippen molar-refractivity contribution in [3.05, 3.63) is 0 Å². The van der Waals surface area contributed by atoms with Crippen LogP contribution in [0, 0.1) is 52.3 Å². The fourth-order valence-corrected chi connectivity index (χ4v) is 11.0. The fourth-order valence-electron chi connectivity index (χ4n) is 11.0. The Morgan fingerprint density at radius 2 is 1.37 bits per heavy atom. The summed E-state index contributed by atoms with van der Waals surface area (Å²) in [4.78, 5) is 0. The molecule has 0 heterocycles. The van der Waals surface area contributed by atoms with Crippen molar-refractivity contribution in [2.45, 2.75) is 143 Å². The minimum atomic E-state index is 0.615. The Kier molecular flexibility index (Phi) is 13.4. The summed E-state index contributed by atoms with van der Waals surface area (Å²) in [6.45, 7) is 19.4. The van der Waals surface area contributed by atoms with E-state index in [0.717, 1.165) is 86.6 Å². The maximum atomic E-state index is 5.55. The third kappa shape index (κ3) is 8.52. The molecule has 4 rings (SSSR count). The molecule has 0 spiro atoms. The Bertz CT molecular complexity index is 740. The van der Waals surface area contributed by atoms with E-state index in [1.807, 2.05) is 0 Å². The molecule has 0 aliphatic heterocycles. The van der Waals surface area contributed by atoms with Crippen LogP contribution in [0.3, 0.4) is 0 Å². The molecule has 0 radical (unpaired) electrons. The zero-order chi connectivity index (χ0) is 29.3. The first-order valence-corrected chi connectivity index (χ1v) is 18.6. The van der Waals surface area contributed by atoms with E-state index in [9.17, 15) is 0 Å². The second-order valence-electron chi connectivity index (χ2n) is 16.3. The van der Waals surface area contributed by atoms with Crippen LogP contribution in [0.4, 0.5) is 0 Å². The maximum Gasteiger partial charge on any atom is 0.00701 e. The molecule has 0 amide bonds. The van der Waals surface area contributed by atoms with Crippen molar-refractivity contribution in [1.82, 2.24) is 16.0 Å². The lowest BCUT2D eigenvalue weighted by Gasteiger charge is -2.61. The third-order valence-corrected chi connectivity index (χ3v) is 13.3. The summed E-state index contributed by atoms with van der Waals surface area (Å²) in [5.41, 5.74) is 6.80. The number of rotatable bonds is 18. The molecule has 4 saturated carbocycles. The molecule has 0 aromatic rings. The van der Waals surface area contributed by atoms with Crippen molar-refractivity contribution in [2.75, 3.05) is 39.3 Å². The van der Waals surface area contributed by atoms with Crippen LogP contribution in [-0.4, -0.2) is 45.3 Å². The minimum Gasteiger partial charge on any atom is -0.330 e. The summed E-state index contributed by atoms with van der Waals surface area (Å²) in [5, 5.41) is 11.1. The molecule has 0 aromatic heterocycles. The van der Waals surface area contributed by atoms with Crippen LogP contribution in [0.2, 0.25) is 0 Å². The largest absolute Gasteiger partial charge is 0.330 e. The van der Waals surface area contributed by atoms with Crippen molar-refractivity contribution in [3.8, 4) is 0 Å². The van der Waals surface area contributed by atoms with Crippen molar-refractivity contribution in [3.63, 3.8) is 0 Å². The number of nitrogens with two attached hydrogens (primary N) is 1. The molecule has 0 aromatic carbocycles. The molecule has 240 valence electrons. The lowest BCUT2D eigenvalue weighted by molar-refractivity contribution is -0.118. The summed E-state index contributed by atoms with van der Waals surface area (Å²) in [6.07, 6.45) is 22.7. The van der Waals surface area contributed by atoms with Gasteiger partial charge < -0.3 is 21.7 Å². The highest BCUT2D eigenvalue weighted by atomic mass is 14.9. The third-order valence-electron chi connectivity index (χ3n) is 13.3. The van der Waals surface area contributed by atoms with E-state index in [1.54, 1.807) is 12.8 Å². The topological polar surface area (TPSA) is 62.1 Å². The van der Waals surface area contributed by atoms with Crippen molar-refractivity contribution in [2.24, 2.45) is 58.0 Å². The monoisotopic (exact) mass is 573 g/mol. The second-order valence-corrected chi connectivity index (χ2v) is 16.3. The molecule has 41 heavy (non-hydrogen) atoms. The van der Waals surface area contributed by atoms with Gasteiger partial charge in [-0.3, -0.25) is 0 Å². The van der Waals surface area contributed by atoms with Gasteiger partial charge >= 0.3 is 0 Å². The summed E-state index contributed by atoms with van der Waals surface area (Å²) in [7, 11) is 0. The van der Waals surface area contributed by atoms with Gasteiger partial charge in [0.1, 0.15) is 0 Å². The number of nitrogens with one attached hydrogen (secondary N) is 3. The highest BCUT2D eigenvalue weighted by molar-refractivity contribution is 5.10. The molecule has 4 fully saturated rings. The molecule has 0 saturated heterocycles. The van der Waals surface area contributed by atoms with Crippen LogP contribution in [0.25, 0.3) is 0 Å². The van der Waals surface area contributed by atoms with Gasteiger partial charge in [0.05, 0.1) is 0 Å². The maximum absolute atomic E-state index is 5.55. The van der Waals surface area contributed by atoms with E-state index in [4.69, 9.17) is 5.73 Å². The van der Waals surface area contributed by atoms with E-state index >= 15 is 0 Å². The minimum absolute atomic E-state index is 0.615. The molecule has 0 bridgehead atoms. The number of hydrogen-bond acceptors (Lipinski definition) is 4. The predicted octanol–water partition coefficient (Wildman–Crippen LogP) is 7.76. The lowest BCUT2D eigenvalue weighted by atomic mass is 9.44. The molecule has 5 N–H and O–H groups in total. The van der Waals surface area contributed by atoms with Gasteiger partial charge in [0.25, 0.3) is 0 Å². The number of hydrogen-bond donors (Lipinski definition) is 4. The first-order chi connectivity index (χ1) is 19.8. The SMILES string of the molecule is CC(C)CCCC(C)C1CCC2C3CCC4CC(NCCCNCCCCNCCCN)CCC4(C)C3CCC12C. The Morgan fingerprint density at radius 1 is 0.683 bits per heavy atom. The van der Waals surface area contributed by atoms with Crippen LogP contribution in [0.1, 0.15) is 137 Å². The standard InChI is InChI=1S/C37H72N4/c1-28(2)11-8-12-29(3)33-15-16-34-32-14-13-30-27-31(17-19-36(30,4)35(32)18-20-37(33,34)5)41-26-10-25-40-23-7-6-22-39-24-9-21-38/h28-35,39-41H,6-27,38H2,1-5H3. The predicted molar refractivity (Wildman–Crippen MR) is 178 cm³/mol. The summed E-state index contributed by atoms with van der Waals surface area (Å²) < 4.78 is 0. The van der Waals surface area contributed by atoms with Gasteiger partial charge in [-0.05, 0) is 175 Å². The average Bonchev–Trinajstić information content (AvgIpc) is 3.30. The van der Waals surface area contributed by atoms with Crippen LogP contribution in [0.15, 0.2) is 0 Å². The summed E-state index contributed by atoms with van der Waals surface area (Å²) in [6, 6.07) is 0.764. The van der Waals surface area contributed by atoms with Crippen molar-refractivity contribution < 1.29 is 0 Å². The normalized spacial score (nSPS) is 37.5. The highest BCUT2D eigenvalue weighted by Crippen LogP contribution is 2.68. The number of unbranched alkanes of at least 4 members (excludes halogenated alkanes) is 1. The van der Waals surface area contributed by atoms with E-state index in [-0.39, 0.29) is 0 Å². The van der Waals surface area contributed by atoms with E-state index in [2.05, 4.69) is 50.6 Å². The van der Waals surface area contributed by atoms with Crippen LogP contribution in [-0.2, 0) is 0 Å². The molecular formula is C37H72N4. The lowest BCUT2D eigenvalue weighted by Crippen LogP contribution is -2.55. The molecule has 4 aliphatic carbocycles.